The molecule has 1 aliphatic heterocycles. The molecule has 1 aromatic heterocycles. The van der Waals surface area contributed by atoms with Gasteiger partial charge in [0.05, 0.1) is 18.0 Å². The molecule has 0 amide bonds. The summed E-state index contributed by atoms with van der Waals surface area (Å²) in [4.78, 5) is 11.2. The third-order valence-corrected chi connectivity index (χ3v) is 3.23. The largest absolute Gasteiger partial charge is 0.382 e. The van der Waals surface area contributed by atoms with Crippen LogP contribution in [0.5, 0.6) is 0 Å². The predicted molar refractivity (Wildman–Crippen MR) is 66.6 cm³/mol. The zero-order valence-electron chi connectivity index (χ0n) is 9.54. The Hall–Kier alpha value is -1.07. The van der Waals surface area contributed by atoms with E-state index in [2.05, 4.69) is 15.5 Å². The van der Waals surface area contributed by atoms with Gasteiger partial charge in [0.2, 0.25) is 0 Å². The van der Waals surface area contributed by atoms with Crippen molar-refractivity contribution in [2.45, 2.75) is 31.8 Å². The molecule has 1 aliphatic rings. The number of aromatic amines is 1. The number of H-pyrrole nitrogens is 1. The van der Waals surface area contributed by atoms with Gasteiger partial charge in [0, 0.05) is 13.2 Å². The molecule has 0 saturated carbocycles. The summed E-state index contributed by atoms with van der Waals surface area (Å²) < 4.78 is 5.61. The van der Waals surface area contributed by atoms with Crippen LogP contribution in [-0.2, 0) is 4.74 Å². The first-order valence-corrected chi connectivity index (χ1v) is 6.24. The first-order valence-electron chi connectivity index (χ1n) is 5.86. The van der Waals surface area contributed by atoms with Gasteiger partial charge in [-0.2, -0.15) is 5.10 Å². The highest BCUT2D eigenvalue weighted by Gasteiger charge is 2.13. The van der Waals surface area contributed by atoms with E-state index in [1.807, 2.05) is 0 Å². The average molecular weight is 258 g/mol. The lowest BCUT2D eigenvalue weighted by molar-refractivity contribution is 0.0134. The van der Waals surface area contributed by atoms with Gasteiger partial charge in [-0.3, -0.25) is 4.79 Å². The SMILES string of the molecule is O=c1[nH]ncc(NCCC2CCCCO2)c1Cl. The van der Waals surface area contributed by atoms with Gasteiger partial charge >= 0.3 is 0 Å². The molecule has 2 heterocycles. The second-order valence-electron chi connectivity index (χ2n) is 4.13. The number of anilines is 1. The van der Waals surface area contributed by atoms with E-state index >= 15 is 0 Å². The number of hydrogen-bond donors (Lipinski definition) is 2. The van der Waals surface area contributed by atoms with Crippen LogP contribution in [0.15, 0.2) is 11.0 Å². The average Bonchev–Trinajstić information content (AvgIpc) is 2.36. The van der Waals surface area contributed by atoms with E-state index in [4.69, 9.17) is 16.3 Å². The van der Waals surface area contributed by atoms with Crippen molar-refractivity contribution in [3.63, 3.8) is 0 Å². The third-order valence-electron chi connectivity index (χ3n) is 2.85. The van der Waals surface area contributed by atoms with Crippen molar-refractivity contribution in [2.75, 3.05) is 18.5 Å². The molecule has 1 saturated heterocycles. The van der Waals surface area contributed by atoms with Crippen molar-refractivity contribution in [3.05, 3.63) is 21.6 Å². The van der Waals surface area contributed by atoms with Crippen LogP contribution < -0.4 is 10.9 Å². The molecule has 0 spiro atoms. The second kappa shape index (κ2) is 6.02. The molecule has 1 atom stereocenters. The quantitative estimate of drug-likeness (QED) is 0.863. The molecule has 0 radical (unpaired) electrons. The molecule has 2 rings (SSSR count). The number of halogens is 1. The van der Waals surface area contributed by atoms with Crippen LogP contribution in [0.25, 0.3) is 0 Å². The number of ether oxygens (including phenoxy) is 1. The number of nitrogens with zero attached hydrogens (tertiary/aromatic N) is 1. The zero-order chi connectivity index (χ0) is 12.1. The summed E-state index contributed by atoms with van der Waals surface area (Å²) in [5.41, 5.74) is 0.205. The molecule has 1 fully saturated rings. The Morgan fingerprint density at radius 2 is 2.47 bits per heavy atom. The lowest BCUT2D eigenvalue weighted by Crippen LogP contribution is -2.22. The summed E-state index contributed by atoms with van der Waals surface area (Å²) >= 11 is 5.84. The van der Waals surface area contributed by atoms with Crippen molar-refractivity contribution in [1.82, 2.24) is 10.2 Å². The van der Waals surface area contributed by atoms with E-state index < -0.39 is 0 Å². The van der Waals surface area contributed by atoms with Gasteiger partial charge in [-0.25, -0.2) is 5.10 Å². The molecular formula is C11H16ClN3O2. The lowest BCUT2D eigenvalue weighted by atomic mass is 10.1. The van der Waals surface area contributed by atoms with Gasteiger partial charge in [-0.05, 0) is 25.7 Å². The van der Waals surface area contributed by atoms with Crippen LogP contribution in [-0.4, -0.2) is 29.5 Å². The summed E-state index contributed by atoms with van der Waals surface area (Å²) in [5.74, 6) is 0. The molecule has 2 N–H and O–H groups in total. The Morgan fingerprint density at radius 1 is 1.59 bits per heavy atom. The number of rotatable bonds is 4. The zero-order valence-corrected chi connectivity index (χ0v) is 10.3. The predicted octanol–water partition coefficient (Wildman–Crippen LogP) is 1.79. The lowest BCUT2D eigenvalue weighted by Gasteiger charge is -2.22. The molecule has 1 aromatic rings. The van der Waals surface area contributed by atoms with Gasteiger partial charge in [-0.1, -0.05) is 11.6 Å². The van der Waals surface area contributed by atoms with E-state index in [1.165, 1.54) is 12.6 Å². The van der Waals surface area contributed by atoms with Gasteiger partial charge in [0.15, 0.2) is 0 Å². The van der Waals surface area contributed by atoms with Gasteiger partial charge in [0.25, 0.3) is 5.56 Å². The van der Waals surface area contributed by atoms with Gasteiger partial charge < -0.3 is 10.1 Å². The minimum absolute atomic E-state index is 0.157. The fourth-order valence-corrected chi connectivity index (χ4v) is 2.07. The van der Waals surface area contributed by atoms with Crippen molar-refractivity contribution in [2.24, 2.45) is 0 Å². The van der Waals surface area contributed by atoms with E-state index in [1.54, 1.807) is 0 Å². The topological polar surface area (TPSA) is 67.0 Å². The van der Waals surface area contributed by atoms with Crippen LogP contribution in [0.1, 0.15) is 25.7 Å². The Bertz CT molecular complexity index is 415. The molecule has 0 aliphatic carbocycles. The van der Waals surface area contributed by atoms with E-state index in [0.29, 0.717) is 11.8 Å². The minimum atomic E-state index is -0.370. The summed E-state index contributed by atoms with van der Waals surface area (Å²) in [6.45, 7) is 1.59. The number of hydrogen-bond acceptors (Lipinski definition) is 4. The van der Waals surface area contributed by atoms with Crippen molar-refractivity contribution in [1.29, 1.82) is 0 Å². The summed E-state index contributed by atoms with van der Waals surface area (Å²) in [6, 6.07) is 0. The van der Waals surface area contributed by atoms with Gasteiger partial charge in [0.1, 0.15) is 5.02 Å². The summed E-state index contributed by atoms with van der Waals surface area (Å²) in [6.07, 6.45) is 6.27. The number of nitrogens with one attached hydrogen (secondary N) is 2. The Morgan fingerprint density at radius 3 is 3.24 bits per heavy atom. The Labute approximate surface area is 105 Å². The molecule has 6 heteroatoms. The monoisotopic (exact) mass is 257 g/mol. The summed E-state index contributed by atoms with van der Waals surface area (Å²) in [5, 5.41) is 9.24. The Kier molecular flexibility index (Phi) is 4.39. The Balaban J connectivity index is 1.81. The molecule has 0 bridgehead atoms. The first-order chi connectivity index (χ1) is 8.27. The maximum absolute atomic E-state index is 11.2. The van der Waals surface area contributed by atoms with Crippen LogP contribution in [0, 0.1) is 0 Å². The highest BCUT2D eigenvalue weighted by atomic mass is 35.5. The molecular weight excluding hydrogens is 242 g/mol. The van der Waals surface area contributed by atoms with E-state index in [-0.39, 0.29) is 10.6 Å². The van der Waals surface area contributed by atoms with Crippen LogP contribution in [0.4, 0.5) is 5.69 Å². The maximum atomic E-state index is 11.2. The van der Waals surface area contributed by atoms with Gasteiger partial charge in [-0.15, -0.1) is 0 Å². The molecule has 17 heavy (non-hydrogen) atoms. The molecule has 5 nitrogen and oxygen atoms in total. The van der Waals surface area contributed by atoms with Crippen LogP contribution in [0.2, 0.25) is 5.02 Å². The highest BCUT2D eigenvalue weighted by Crippen LogP contribution is 2.17. The molecule has 0 aromatic carbocycles. The normalized spacial score (nSPS) is 20.2. The highest BCUT2D eigenvalue weighted by molar-refractivity contribution is 6.32. The van der Waals surface area contributed by atoms with Crippen LogP contribution in [0.3, 0.4) is 0 Å². The maximum Gasteiger partial charge on any atom is 0.285 e. The third kappa shape index (κ3) is 3.44. The molecule has 94 valence electrons. The number of aromatic nitrogens is 2. The standard InChI is InChI=1S/C11H16ClN3O2/c12-10-9(7-14-15-11(10)16)13-5-4-8-3-1-2-6-17-8/h7-8H,1-6H2,(H2,13,15,16). The molecule has 1 unspecified atom stereocenters. The minimum Gasteiger partial charge on any atom is -0.382 e. The summed E-state index contributed by atoms with van der Waals surface area (Å²) in [7, 11) is 0. The smallest absolute Gasteiger partial charge is 0.285 e. The first kappa shape index (κ1) is 12.4. The second-order valence-corrected chi connectivity index (χ2v) is 4.51. The van der Waals surface area contributed by atoms with E-state index in [0.717, 1.165) is 32.4 Å². The fourth-order valence-electron chi connectivity index (χ4n) is 1.91. The van der Waals surface area contributed by atoms with Crippen molar-refractivity contribution in [3.8, 4) is 0 Å². The van der Waals surface area contributed by atoms with Crippen molar-refractivity contribution < 1.29 is 4.74 Å². The van der Waals surface area contributed by atoms with Crippen molar-refractivity contribution >= 4 is 17.3 Å². The van der Waals surface area contributed by atoms with E-state index in [9.17, 15) is 4.79 Å². The van der Waals surface area contributed by atoms with Crippen LogP contribution >= 0.6 is 11.6 Å². The fraction of sp³-hybridized carbons (Fsp3) is 0.636.